The summed E-state index contributed by atoms with van der Waals surface area (Å²) >= 11 is 0. The average molecular weight is 353 g/mol. The second-order valence-electron chi connectivity index (χ2n) is 6.13. The van der Waals surface area contributed by atoms with Crippen molar-refractivity contribution in [2.45, 2.75) is 25.3 Å². The molecular formula is C16H19NO6S. The molecule has 0 aliphatic carbocycles. The van der Waals surface area contributed by atoms with Gasteiger partial charge in [0.25, 0.3) is 0 Å². The van der Waals surface area contributed by atoms with Crippen molar-refractivity contribution in [3.63, 3.8) is 0 Å². The molecule has 0 spiro atoms. The number of nitrogens with zero attached hydrogens (tertiary/aromatic N) is 1. The Morgan fingerprint density at radius 3 is 2.88 bits per heavy atom. The zero-order valence-corrected chi connectivity index (χ0v) is 13.9. The van der Waals surface area contributed by atoms with Gasteiger partial charge in [-0.25, -0.2) is 13.2 Å². The second kappa shape index (κ2) is 6.43. The molecular weight excluding hydrogens is 334 g/mol. The fourth-order valence-electron chi connectivity index (χ4n) is 3.11. The van der Waals surface area contributed by atoms with E-state index in [4.69, 9.17) is 4.74 Å². The molecule has 3 rings (SSSR count). The average Bonchev–Trinajstić information content (AvgIpc) is 2.53. The number of sulfone groups is 1. The van der Waals surface area contributed by atoms with Crippen molar-refractivity contribution in [1.29, 1.82) is 0 Å². The predicted octanol–water partition coefficient (Wildman–Crippen LogP) is 0.264. The lowest BCUT2D eigenvalue weighted by Crippen LogP contribution is -2.55. The number of hydrogen-bond donors (Lipinski definition) is 1. The van der Waals surface area contributed by atoms with Crippen LogP contribution in [0.2, 0.25) is 0 Å². The lowest BCUT2D eigenvalue weighted by atomic mass is 10.0. The Labute approximate surface area is 140 Å². The highest BCUT2D eigenvalue weighted by atomic mass is 32.2. The Kier molecular flexibility index (Phi) is 4.49. The molecule has 1 unspecified atom stereocenters. The Bertz CT molecular complexity index is 773. The number of aliphatic carboxylic acids is 1. The van der Waals surface area contributed by atoms with Gasteiger partial charge in [0.1, 0.15) is 11.8 Å². The zero-order chi connectivity index (χ0) is 17.3. The van der Waals surface area contributed by atoms with E-state index in [0.717, 1.165) is 29.7 Å². The van der Waals surface area contributed by atoms with Crippen molar-refractivity contribution < 1.29 is 27.9 Å². The first kappa shape index (κ1) is 16.8. The van der Waals surface area contributed by atoms with Crippen molar-refractivity contribution >= 4 is 21.7 Å². The van der Waals surface area contributed by atoms with Gasteiger partial charge in [0.05, 0.1) is 24.5 Å². The van der Waals surface area contributed by atoms with Crippen LogP contribution in [0, 0.1) is 0 Å². The molecule has 1 aromatic rings. The first-order chi connectivity index (χ1) is 11.4. The first-order valence-electron chi connectivity index (χ1n) is 7.83. The predicted molar refractivity (Wildman–Crippen MR) is 85.8 cm³/mol. The molecule has 1 aromatic carbocycles. The quantitative estimate of drug-likeness (QED) is 0.837. The first-order valence-corrected chi connectivity index (χ1v) is 9.65. The Balaban J connectivity index is 1.75. The van der Waals surface area contributed by atoms with Gasteiger partial charge in [-0.1, -0.05) is 12.1 Å². The van der Waals surface area contributed by atoms with Crippen LogP contribution < -0.4 is 4.74 Å². The van der Waals surface area contributed by atoms with Gasteiger partial charge in [-0.05, 0) is 30.0 Å². The maximum atomic E-state index is 12.5. The molecule has 1 fully saturated rings. The van der Waals surface area contributed by atoms with Gasteiger partial charge in [0.15, 0.2) is 9.84 Å². The van der Waals surface area contributed by atoms with Crippen LogP contribution in [0.15, 0.2) is 18.2 Å². The standard InChI is InChI=1S/C16H19NO6S/c18-15(17-5-7-24(21,22)10-13(17)16(19)20)9-11-3-4-14-12(8-11)2-1-6-23-14/h3-4,8,13H,1-2,5-7,9-10H2,(H,19,20). The second-order valence-corrected chi connectivity index (χ2v) is 8.36. The molecule has 2 aliphatic heterocycles. The molecule has 1 N–H and O–H groups in total. The third kappa shape index (κ3) is 3.53. The van der Waals surface area contributed by atoms with Crippen LogP contribution in [0.5, 0.6) is 5.75 Å². The number of ether oxygens (including phenoxy) is 1. The van der Waals surface area contributed by atoms with Gasteiger partial charge < -0.3 is 14.7 Å². The summed E-state index contributed by atoms with van der Waals surface area (Å²) in [5.74, 6) is -1.54. The van der Waals surface area contributed by atoms with Crippen LogP contribution in [0.1, 0.15) is 17.5 Å². The van der Waals surface area contributed by atoms with E-state index in [1.54, 1.807) is 6.07 Å². The number of carboxylic acids is 1. The SMILES string of the molecule is O=C(O)C1CS(=O)(=O)CCN1C(=O)Cc1ccc2c(c1)CCCO2. The van der Waals surface area contributed by atoms with Crippen LogP contribution in [0.25, 0.3) is 0 Å². The monoisotopic (exact) mass is 353 g/mol. The van der Waals surface area contributed by atoms with Gasteiger partial charge in [-0.15, -0.1) is 0 Å². The van der Waals surface area contributed by atoms with Crippen molar-refractivity contribution in [3.8, 4) is 5.75 Å². The van der Waals surface area contributed by atoms with Gasteiger partial charge in [-0.3, -0.25) is 4.79 Å². The number of rotatable bonds is 3. The number of benzene rings is 1. The molecule has 1 saturated heterocycles. The summed E-state index contributed by atoms with van der Waals surface area (Å²) in [5.41, 5.74) is 1.82. The fraction of sp³-hybridized carbons (Fsp3) is 0.500. The maximum Gasteiger partial charge on any atom is 0.327 e. The van der Waals surface area contributed by atoms with Gasteiger partial charge in [-0.2, -0.15) is 0 Å². The molecule has 24 heavy (non-hydrogen) atoms. The highest BCUT2D eigenvalue weighted by Crippen LogP contribution is 2.26. The van der Waals surface area contributed by atoms with Crippen molar-refractivity contribution in [2.24, 2.45) is 0 Å². The number of amides is 1. The Hall–Kier alpha value is -2.09. The number of aryl methyl sites for hydroxylation is 1. The van der Waals surface area contributed by atoms with Crippen molar-refractivity contribution in [3.05, 3.63) is 29.3 Å². The van der Waals surface area contributed by atoms with E-state index in [-0.39, 0.29) is 24.6 Å². The summed E-state index contributed by atoms with van der Waals surface area (Å²) in [7, 11) is -3.42. The molecule has 1 amide bonds. The summed E-state index contributed by atoms with van der Waals surface area (Å²) in [6.07, 6.45) is 1.86. The maximum absolute atomic E-state index is 12.5. The lowest BCUT2D eigenvalue weighted by Gasteiger charge is -2.32. The number of carbonyl (C=O) groups is 2. The van der Waals surface area contributed by atoms with E-state index in [9.17, 15) is 23.1 Å². The summed E-state index contributed by atoms with van der Waals surface area (Å²) in [6, 6.07) is 4.21. The highest BCUT2D eigenvalue weighted by molar-refractivity contribution is 7.91. The molecule has 2 heterocycles. The van der Waals surface area contributed by atoms with Gasteiger partial charge in [0.2, 0.25) is 5.91 Å². The number of carboxylic acid groups (broad SMARTS) is 1. The van der Waals surface area contributed by atoms with E-state index in [1.807, 2.05) is 12.1 Å². The highest BCUT2D eigenvalue weighted by Gasteiger charge is 2.38. The summed E-state index contributed by atoms with van der Waals surface area (Å²) in [6.45, 7) is 0.611. The number of carbonyl (C=O) groups excluding carboxylic acids is 1. The largest absolute Gasteiger partial charge is 0.493 e. The lowest BCUT2D eigenvalue weighted by molar-refractivity contribution is -0.149. The van der Waals surface area contributed by atoms with Crippen molar-refractivity contribution in [1.82, 2.24) is 4.90 Å². The van der Waals surface area contributed by atoms with Gasteiger partial charge >= 0.3 is 5.97 Å². The minimum atomic E-state index is -3.42. The fourth-order valence-corrected chi connectivity index (χ4v) is 4.56. The van der Waals surface area contributed by atoms with Crippen LogP contribution >= 0.6 is 0 Å². The molecule has 130 valence electrons. The topological polar surface area (TPSA) is 101 Å². The number of hydrogen-bond acceptors (Lipinski definition) is 5. The van der Waals surface area contributed by atoms with E-state index < -0.39 is 27.6 Å². The van der Waals surface area contributed by atoms with Crippen LogP contribution in [0.4, 0.5) is 0 Å². The molecule has 2 aliphatic rings. The molecule has 8 heteroatoms. The minimum Gasteiger partial charge on any atom is -0.493 e. The number of fused-ring (bicyclic) bond motifs is 1. The third-order valence-corrected chi connectivity index (χ3v) is 5.99. The van der Waals surface area contributed by atoms with Gasteiger partial charge in [0, 0.05) is 6.54 Å². The van der Waals surface area contributed by atoms with Crippen LogP contribution in [0.3, 0.4) is 0 Å². The summed E-state index contributed by atoms with van der Waals surface area (Å²) in [4.78, 5) is 25.0. The van der Waals surface area contributed by atoms with E-state index >= 15 is 0 Å². The minimum absolute atomic E-state index is 0.0527. The molecule has 1 atom stereocenters. The van der Waals surface area contributed by atoms with E-state index in [1.165, 1.54) is 4.90 Å². The summed E-state index contributed by atoms with van der Waals surface area (Å²) in [5, 5.41) is 9.24. The molecule has 0 radical (unpaired) electrons. The molecule has 0 saturated carbocycles. The van der Waals surface area contributed by atoms with Crippen LogP contribution in [-0.2, 0) is 32.3 Å². The molecule has 0 bridgehead atoms. The van der Waals surface area contributed by atoms with E-state index in [0.29, 0.717) is 6.61 Å². The smallest absolute Gasteiger partial charge is 0.327 e. The zero-order valence-electron chi connectivity index (χ0n) is 13.1. The van der Waals surface area contributed by atoms with E-state index in [2.05, 4.69) is 0 Å². The summed E-state index contributed by atoms with van der Waals surface area (Å²) < 4.78 is 28.8. The van der Waals surface area contributed by atoms with Crippen molar-refractivity contribution in [2.75, 3.05) is 24.7 Å². The Morgan fingerprint density at radius 1 is 1.33 bits per heavy atom. The third-order valence-electron chi connectivity index (χ3n) is 4.36. The molecule has 0 aromatic heterocycles. The molecule has 7 nitrogen and oxygen atoms in total. The normalized spacial score (nSPS) is 22.3. The Morgan fingerprint density at radius 2 is 2.12 bits per heavy atom. The van der Waals surface area contributed by atoms with Crippen LogP contribution in [-0.4, -0.2) is 61.0 Å².